The first kappa shape index (κ1) is 20.9. The molecule has 0 aliphatic carbocycles. The number of carbonyl (C=O) groups excluding carboxylic acids is 1. The third-order valence-corrected chi connectivity index (χ3v) is 6.74. The van der Waals surface area contributed by atoms with Gasteiger partial charge in [-0.15, -0.1) is 0 Å². The molecule has 0 radical (unpaired) electrons. The van der Waals surface area contributed by atoms with Crippen LogP contribution in [0.3, 0.4) is 0 Å². The van der Waals surface area contributed by atoms with E-state index in [2.05, 4.69) is 38.8 Å². The molecule has 1 aliphatic heterocycles. The Labute approximate surface area is 195 Å². The van der Waals surface area contributed by atoms with E-state index in [0.717, 1.165) is 70.0 Å². The van der Waals surface area contributed by atoms with Gasteiger partial charge in [-0.1, -0.05) is 12.1 Å². The van der Waals surface area contributed by atoms with Crippen molar-refractivity contribution in [1.82, 2.24) is 24.5 Å². The second-order valence-electron chi connectivity index (χ2n) is 8.22. The van der Waals surface area contributed by atoms with Crippen molar-refractivity contribution in [2.75, 3.05) is 31.1 Å². The summed E-state index contributed by atoms with van der Waals surface area (Å²) in [5.74, 6) is 1.15. The Morgan fingerprint density at radius 3 is 2.59 bits per heavy atom. The molecule has 0 saturated carbocycles. The third-order valence-electron chi connectivity index (χ3n) is 6.28. The van der Waals surface area contributed by atoms with Gasteiger partial charge in [0.15, 0.2) is 5.65 Å². The number of amides is 1. The lowest BCUT2D eigenvalue weighted by Gasteiger charge is -2.35. The number of hydrogen-bond donors (Lipinski definition) is 0. The number of anilines is 1. The first-order valence-electron chi connectivity index (χ1n) is 10.9. The molecule has 1 aromatic carbocycles. The number of benzene rings is 1. The lowest BCUT2D eigenvalue weighted by molar-refractivity contribution is -0.131. The Morgan fingerprint density at radius 2 is 1.84 bits per heavy atom. The maximum absolute atomic E-state index is 12.9. The summed E-state index contributed by atoms with van der Waals surface area (Å²) in [6, 6.07) is 12.1. The van der Waals surface area contributed by atoms with Gasteiger partial charge in [0.05, 0.1) is 5.52 Å². The molecule has 0 bridgehead atoms. The smallest absolute Gasteiger partial charge is 0.223 e. The van der Waals surface area contributed by atoms with Crippen molar-refractivity contribution >= 4 is 44.2 Å². The third kappa shape index (κ3) is 3.83. The van der Waals surface area contributed by atoms with Crippen LogP contribution < -0.4 is 4.90 Å². The van der Waals surface area contributed by atoms with Crippen molar-refractivity contribution in [3.8, 4) is 0 Å². The summed E-state index contributed by atoms with van der Waals surface area (Å²) in [5.41, 5.74) is 4.95. The molecule has 4 aromatic rings. The number of aromatic nitrogens is 4. The molecular weight excluding hydrogens is 468 g/mol. The molecule has 164 valence electrons. The quantitative estimate of drug-likeness (QED) is 0.431. The van der Waals surface area contributed by atoms with Crippen LogP contribution in [0.25, 0.3) is 16.6 Å². The standard InChI is InChI=1S/C24H25BrN6O/c1-16-19(17(2)31-24(27-16)20-5-3-4-6-21(20)28-31)8-10-23(32)30-13-11-29(12-14-30)22-9-7-18(25)15-26-22/h3-7,9,15H,8,10-14H2,1-2H3. The van der Waals surface area contributed by atoms with Crippen LogP contribution in [0.15, 0.2) is 47.1 Å². The highest BCUT2D eigenvalue weighted by Crippen LogP contribution is 2.23. The monoisotopic (exact) mass is 492 g/mol. The second-order valence-corrected chi connectivity index (χ2v) is 9.13. The van der Waals surface area contributed by atoms with Gasteiger partial charge in [-0.2, -0.15) is 5.10 Å². The number of hydrogen-bond acceptors (Lipinski definition) is 5. The zero-order chi connectivity index (χ0) is 22.2. The van der Waals surface area contributed by atoms with Gasteiger partial charge < -0.3 is 9.80 Å². The van der Waals surface area contributed by atoms with Gasteiger partial charge in [0.1, 0.15) is 5.82 Å². The molecule has 7 nitrogen and oxygen atoms in total. The average Bonchev–Trinajstić information content (AvgIpc) is 3.18. The largest absolute Gasteiger partial charge is 0.353 e. The Balaban J connectivity index is 1.26. The normalized spacial score (nSPS) is 14.5. The molecule has 8 heteroatoms. The van der Waals surface area contributed by atoms with E-state index in [0.29, 0.717) is 12.8 Å². The van der Waals surface area contributed by atoms with E-state index in [9.17, 15) is 4.79 Å². The number of pyridine rings is 1. The van der Waals surface area contributed by atoms with Gasteiger partial charge in [0, 0.05) is 60.0 Å². The van der Waals surface area contributed by atoms with Crippen LogP contribution in [-0.4, -0.2) is 56.6 Å². The second kappa shape index (κ2) is 8.50. The van der Waals surface area contributed by atoms with Crippen molar-refractivity contribution in [2.24, 2.45) is 0 Å². The van der Waals surface area contributed by atoms with Gasteiger partial charge >= 0.3 is 0 Å². The number of rotatable bonds is 4. The molecule has 1 amide bonds. The molecule has 4 heterocycles. The molecule has 1 saturated heterocycles. The fourth-order valence-electron chi connectivity index (χ4n) is 4.47. The minimum atomic E-state index is 0.193. The van der Waals surface area contributed by atoms with E-state index >= 15 is 0 Å². The Kier molecular flexibility index (Phi) is 5.55. The van der Waals surface area contributed by atoms with E-state index in [-0.39, 0.29) is 5.91 Å². The van der Waals surface area contributed by atoms with Crippen LogP contribution in [0.4, 0.5) is 5.82 Å². The molecule has 3 aromatic heterocycles. The van der Waals surface area contributed by atoms with Gasteiger partial charge in [0.25, 0.3) is 0 Å². The molecule has 0 N–H and O–H groups in total. The molecule has 0 atom stereocenters. The van der Waals surface area contributed by atoms with E-state index in [1.54, 1.807) is 0 Å². The molecule has 1 fully saturated rings. The maximum Gasteiger partial charge on any atom is 0.223 e. The highest BCUT2D eigenvalue weighted by Gasteiger charge is 2.22. The number of nitrogens with zero attached hydrogens (tertiary/aromatic N) is 6. The minimum Gasteiger partial charge on any atom is -0.353 e. The first-order chi connectivity index (χ1) is 15.5. The number of carbonyl (C=O) groups is 1. The van der Waals surface area contributed by atoms with Gasteiger partial charge in [0.2, 0.25) is 5.91 Å². The topological polar surface area (TPSA) is 66.6 Å². The SMILES string of the molecule is Cc1nc2c3ccccc3nn2c(C)c1CCC(=O)N1CCN(c2ccc(Br)cn2)CC1. The molecule has 1 aliphatic rings. The zero-order valence-electron chi connectivity index (χ0n) is 18.3. The van der Waals surface area contributed by atoms with Crippen LogP contribution in [0, 0.1) is 13.8 Å². The summed E-state index contributed by atoms with van der Waals surface area (Å²) in [5, 5.41) is 5.78. The zero-order valence-corrected chi connectivity index (χ0v) is 19.8. The van der Waals surface area contributed by atoms with Crippen LogP contribution >= 0.6 is 15.9 Å². The first-order valence-corrected chi connectivity index (χ1v) is 11.7. The summed E-state index contributed by atoms with van der Waals surface area (Å²) in [4.78, 5) is 26.4. The van der Waals surface area contributed by atoms with Crippen molar-refractivity contribution in [3.63, 3.8) is 0 Å². The minimum absolute atomic E-state index is 0.193. The molecule has 0 spiro atoms. The van der Waals surface area contributed by atoms with Crippen molar-refractivity contribution < 1.29 is 4.79 Å². The van der Waals surface area contributed by atoms with Gasteiger partial charge in [-0.05, 0) is 66.0 Å². The van der Waals surface area contributed by atoms with Gasteiger partial charge in [-0.25, -0.2) is 14.5 Å². The van der Waals surface area contributed by atoms with Crippen molar-refractivity contribution in [2.45, 2.75) is 26.7 Å². The van der Waals surface area contributed by atoms with Crippen molar-refractivity contribution in [1.29, 1.82) is 0 Å². The maximum atomic E-state index is 12.9. The molecule has 5 rings (SSSR count). The number of piperazine rings is 1. The summed E-state index contributed by atoms with van der Waals surface area (Å²) in [6.45, 7) is 7.13. The lowest BCUT2D eigenvalue weighted by Crippen LogP contribution is -2.49. The summed E-state index contributed by atoms with van der Waals surface area (Å²) >= 11 is 3.42. The van der Waals surface area contributed by atoms with Gasteiger partial charge in [-0.3, -0.25) is 4.79 Å². The number of halogens is 1. The molecule has 0 unspecified atom stereocenters. The van der Waals surface area contributed by atoms with Crippen LogP contribution in [0.2, 0.25) is 0 Å². The van der Waals surface area contributed by atoms with Crippen LogP contribution in [0.1, 0.15) is 23.4 Å². The highest BCUT2D eigenvalue weighted by atomic mass is 79.9. The summed E-state index contributed by atoms with van der Waals surface area (Å²) in [7, 11) is 0. The molecular formula is C24H25BrN6O. The predicted molar refractivity (Wildman–Crippen MR) is 129 cm³/mol. The Bertz CT molecular complexity index is 1290. The fraction of sp³-hybridized carbons (Fsp3) is 0.333. The van der Waals surface area contributed by atoms with Crippen molar-refractivity contribution in [3.05, 3.63) is 64.0 Å². The predicted octanol–water partition coefficient (Wildman–Crippen LogP) is 3.94. The Morgan fingerprint density at radius 1 is 1.06 bits per heavy atom. The van der Waals surface area contributed by atoms with Crippen LogP contribution in [-0.2, 0) is 11.2 Å². The van der Waals surface area contributed by atoms with E-state index in [4.69, 9.17) is 10.1 Å². The summed E-state index contributed by atoms with van der Waals surface area (Å²) in [6.07, 6.45) is 2.96. The average molecular weight is 493 g/mol. The number of aryl methyl sites for hydroxylation is 2. The number of fused-ring (bicyclic) bond motifs is 3. The highest BCUT2D eigenvalue weighted by molar-refractivity contribution is 9.10. The van der Waals surface area contributed by atoms with E-state index in [1.165, 1.54) is 0 Å². The lowest BCUT2D eigenvalue weighted by atomic mass is 10.1. The Hall–Kier alpha value is -3.00. The summed E-state index contributed by atoms with van der Waals surface area (Å²) < 4.78 is 2.89. The fourth-order valence-corrected chi connectivity index (χ4v) is 4.70. The van der Waals surface area contributed by atoms with E-state index in [1.807, 2.05) is 52.9 Å². The van der Waals surface area contributed by atoms with E-state index < -0.39 is 0 Å². The molecule has 32 heavy (non-hydrogen) atoms. The van der Waals surface area contributed by atoms with Crippen LogP contribution in [0.5, 0.6) is 0 Å².